The molecule has 5 heteroatoms. The van der Waals surface area contributed by atoms with Gasteiger partial charge in [-0.1, -0.05) is 76.2 Å². The molecule has 0 aliphatic rings. The normalized spacial score (nSPS) is 11.5. The summed E-state index contributed by atoms with van der Waals surface area (Å²) in [6.07, 6.45) is 0.873. The number of aryl methyl sites for hydroxylation is 1. The van der Waals surface area contributed by atoms with Crippen molar-refractivity contribution in [1.29, 1.82) is 0 Å². The van der Waals surface area contributed by atoms with Gasteiger partial charge in [0.2, 0.25) is 0 Å². The molecule has 3 aromatic carbocycles. The summed E-state index contributed by atoms with van der Waals surface area (Å²) in [5, 5.41) is 0.386. The zero-order valence-corrected chi connectivity index (χ0v) is 18.8. The van der Waals surface area contributed by atoms with Gasteiger partial charge in [-0.15, -0.1) is 4.73 Å². The van der Waals surface area contributed by atoms with Crippen molar-refractivity contribution in [3.05, 3.63) is 99.8 Å². The molecule has 0 atom stereocenters. The van der Waals surface area contributed by atoms with E-state index in [1.165, 1.54) is 0 Å². The van der Waals surface area contributed by atoms with Crippen LogP contribution in [-0.2, 0) is 11.8 Å². The molecule has 5 nitrogen and oxygen atoms in total. The first-order valence-electron chi connectivity index (χ1n) is 10.7. The highest BCUT2D eigenvalue weighted by atomic mass is 16.7. The van der Waals surface area contributed by atoms with Crippen LogP contribution < -0.4 is 10.4 Å². The predicted octanol–water partition coefficient (Wildman–Crippen LogP) is 5.19. The zero-order valence-electron chi connectivity index (χ0n) is 18.8. The van der Waals surface area contributed by atoms with Gasteiger partial charge in [0, 0.05) is 5.56 Å². The fourth-order valence-electron chi connectivity index (χ4n) is 3.52. The molecule has 0 aliphatic heterocycles. The Balaban J connectivity index is 1.82. The Bertz CT molecular complexity index is 1330. The van der Waals surface area contributed by atoms with Gasteiger partial charge in [-0.25, -0.2) is 9.78 Å². The molecule has 0 bridgehead atoms. The molecule has 32 heavy (non-hydrogen) atoms. The fraction of sp³-hybridized carbons (Fsp3) is 0.222. The third kappa shape index (κ3) is 4.19. The Kier molecular flexibility index (Phi) is 5.66. The first kappa shape index (κ1) is 21.5. The molecular formula is C27H26N2O3. The second kappa shape index (κ2) is 8.42. The lowest BCUT2D eigenvalue weighted by Gasteiger charge is -2.19. The minimum absolute atomic E-state index is 0.00781. The van der Waals surface area contributed by atoms with Crippen LogP contribution in [0.5, 0.6) is 0 Å². The summed E-state index contributed by atoms with van der Waals surface area (Å²) in [5.74, 6) is -0.327. The van der Waals surface area contributed by atoms with Gasteiger partial charge >= 0.3 is 5.97 Å². The number of nitrogens with zero attached hydrogens (tertiary/aromatic N) is 2. The van der Waals surface area contributed by atoms with Crippen LogP contribution in [0.2, 0.25) is 0 Å². The number of hydrogen-bond donors (Lipinski definition) is 0. The number of aromatic nitrogens is 2. The van der Waals surface area contributed by atoms with E-state index in [1.807, 2.05) is 49.4 Å². The summed E-state index contributed by atoms with van der Waals surface area (Å²) < 4.78 is 1.00. The standard InChI is InChI=1S/C27H26N2O3/c1-5-18-10-12-20(13-11-18)26(31)32-29-24(19-14-16-21(17-15-19)27(2,3)4)28-23-9-7-6-8-22(23)25(29)30/h6-17H,5H2,1-4H3. The lowest BCUT2D eigenvalue weighted by Crippen LogP contribution is -2.33. The maximum atomic E-state index is 13.3. The van der Waals surface area contributed by atoms with Gasteiger partial charge in [0.05, 0.1) is 16.5 Å². The molecule has 0 N–H and O–H groups in total. The largest absolute Gasteiger partial charge is 0.363 e. The summed E-state index contributed by atoms with van der Waals surface area (Å²) in [4.78, 5) is 36.4. The fourth-order valence-corrected chi connectivity index (χ4v) is 3.52. The number of benzene rings is 3. The topological polar surface area (TPSA) is 61.2 Å². The lowest BCUT2D eigenvalue weighted by atomic mass is 9.86. The number of rotatable bonds is 4. The van der Waals surface area contributed by atoms with Gasteiger partial charge < -0.3 is 4.84 Å². The molecule has 1 heterocycles. The number of para-hydroxylation sites is 1. The Hall–Kier alpha value is -3.73. The summed E-state index contributed by atoms with van der Waals surface area (Å²) >= 11 is 0. The Morgan fingerprint density at radius 1 is 0.938 bits per heavy atom. The van der Waals surface area contributed by atoms with Gasteiger partial charge in [-0.2, -0.15) is 0 Å². The summed E-state index contributed by atoms with van der Waals surface area (Å²) in [6, 6.07) is 22.0. The van der Waals surface area contributed by atoms with Crippen molar-refractivity contribution in [3.63, 3.8) is 0 Å². The van der Waals surface area contributed by atoms with Gasteiger partial charge in [0.15, 0.2) is 5.82 Å². The number of hydrogen-bond acceptors (Lipinski definition) is 4. The Morgan fingerprint density at radius 3 is 2.22 bits per heavy atom. The number of fused-ring (bicyclic) bond motifs is 1. The molecule has 0 spiro atoms. The van der Waals surface area contributed by atoms with Gasteiger partial charge in [0.25, 0.3) is 5.56 Å². The lowest BCUT2D eigenvalue weighted by molar-refractivity contribution is 0.0449. The third-order valence-electron chi connectivity index (χ3n) is 5.52. The SMILES string of the molecule is CCc1ccc(C(=O)On2c(-c3ccc(C(C)(C)C)cc3)nc3ccccc3c2=O)cc1. The summed E-state index contributed by atoms with van der Waals surface area (Å²) in [5.41, 5.74) is 3.45. The zero-order chi connectivity index (χ0) is 22.9. The smallest absolute Gasteiger partial charge is 0.326 e. The van der Waals surface area contributed by atoms with E-state index >= 15 is 0 Å². The van der Waals surface area contributed by atoms with Crippen molar-refractivity contribution in [3.8, 4) is 11.4 Å². The number of carbonyl (C=O) groups is 1. The molecule has 0 saturated carbocycles. The van der Waals surface area contributed by atoms with Gasteiger partial charge in [0.1, 0.15) is 0 Å². The molecule has 0 unspecified atom stereocenters. The van der Waals surface area contributed by atoms with Crippen LogP contribution >= 0.6 is 0 Å². The van der Waals surface area contributed by atoms with Crippen molar-refractivity contribution in [1.82, 2.24) is 9.71 Å². The maximum Gasteiger partial charge on any atom is 0.363 e. The molecule has 0 saturated heterocycles. The van der Waals surface area contributed by atoms with Crippen LogP contribution in [0.4, 0.5) is 0 Å². The van der Waals surface area contributed by atoms with Crippen molar-refractivity contribution in [2.75, 3.05) is 0 Å². The van der Waals surface area contributed by atoms with Gasteiger partial charge in [-0.05, 0) is 47.2 Å². The van der Waals surface area contributed by atoms with Crippen LogP contribution in [0.3, 0.4) is 0 Å². The van der Waals surface area contributed by atoms with Crippen molar-refractivity contribution in [2.24, 2.45) is 0 Å². The van der Waals surface area contributed by atoms with E-state index in [4.69, 9.17) is 4.84 Å². The quantitative estimate of drug-likeness (QED) is 0.450. The molecule has 0 amide bonds. The average molecular weight is 427 g/mol. The second-order valence-electron chi connectivity index (χ2n) is 8.81. The van der Waals surface area contributed by atoms with Gasteiger partial charge in [-0.3, -0.25) is 4.79 Å². The van der Waals surface area contributed by atoms with E-state index in [0.29, 0.717) is 22.0 Å². The first-order chi connectivity index (χ1) is 15.3. The maximum absolute atomic E-state index is 13.3. The molecule has 0 aliphatic carbocycles. The monoisotopic (exact) mass is 426 g/mol. The highest BCUT2D eigenvalue weighted by molar-refractivity contribution is 5.90. The van der Waals surface area contributed by atoms with Crippen LogP contribution in [-0.4, -0.2) is 15.7 Å². The molecule has 0 radical (unpaired) electrons. The van der Waals surface area contributed by atoms with Crippen molar-refractivity contribution in [2.45, 2.75) is 39.5 Å². The van der Waals surface area contributed by atoms with Crippen LogP contribution in [0.15, 0.2) is 77.6 Å². The minimum atomic E-state index is -0.612. The molecule has 4 rings (SSSR count). The van der Waals surface area contributed by atoms with Crippen LogP contribution in [0.25, 0.3) is 22.3 Å². The van der Waals surface area contributed by atoms with Crippen LogP contribution in [0, 0.1) is 0 Å². The summed E-state index contributed by atoms with van der Waals surface area (Å²) in [6.45, 7) is 8.46. The van der Waals surface area contributed by atoms with Crippen molar-refractivity contribution < 1.29 is 9.63 Å². The average Bonchev–Trinajstić information content (AvgIpc) is 2.80. The van der Waals surface area contributed by atoms with E-state index in [0.717, 1.165) is 22.3 Å². The molecular weight excluding hydrogens is 400 g/mol. The Labute approximate surface area is 187 Å². The van der Waals surface area contributed by atoms with E-state index in [9.17, 15) is 9.59 Å². The number of carbonyl (C=O) groups excluding carboxylic acids is 1. The molecule has 4 aromatic rings. The molecule has 1 aromatic heterocycles. The second-order valence-corrected chi connectivity index (χ2v) is 8.81. The van der Waals surface area contributed by atoms with E-state index in [1.54, 1.807) is 30.3 Å². The third-order valence-corrected chi connectivity index (χ3v) is 5.52. The van der Waals surface area contributed by atoms with Crippen LogP contribution in [0.1, 0.15) is 49.2 Å². The van der Waals surface area contributed by atoms with Crippen molar-refractivity contribution >= 4 is 16.9 Å². The molecule has 0 fully saturated rings. The summed E-state index contributed by atoms with van der Waals surface area (Å²) in [7, 11) is 0. The predicted molar refractivity (Wildman–Crippen MR) is 127 cm³/mol. The van der Waals surface area contributed by atoms with E-state index in [2.05, 4.69) is 25.8 Å². The highest BCUT2D eigenvalue weighted by Crippen LogP contribution is 2.25. The highest BCUT2D eigenvalue weighted by Gasteiger charge is 2.19. The van der Waals surface area contributed by atoms with E-state index < -0.39 is 11.5 Å². The Morgan fingerprint density at radius 2 is 1.59 bits per heavy atom. The first-order valence-corrected chi connectivity index (χ1v) is 10.7. The van der Waals surface area contributed by atoms with E-state index in [-0.39, 0.29) is 11.2 Å². The minimum Gasteiger partial charge on any atom is -0.326 e. The molecule has 162 valence electrons.